The second-order valence-corrected chi connectivity index (χ2v) is 8.01. The molecule has 0 spiro atoms. The Morgan fingerprint density at radius 3 is 2.67 bits per heavy atom. The number of rotatable bonds is 4. The van der Waals surface area contributed by atoms with Gasteiger partial charge >= 0.3 is 0 Å². The predicted octanol–water partition coefficient (Wildman–Crippen LogP) is -0.0811. The first-order chi connectivity index (χ1) is 11.4. The number of sulfonamides is 1. The van der Waals surface area contributed by atoms with Crippen LogP contribution in [-0.4, -0.2) is 43.6 Å². The molecule has 0 saturated carbocycles. The maximum atomic E-state index is 12.6. The normalized spacial score (nSPS) is 24.5. The van der Waals surface area contributed by atoms with E-state index in [0.29, 0.717) is 18.1 Å². The van der Waals surface area contributed by atoms with Gasteiger partial charge in [0.25, 0.3) is 0 Å². The smallest absolute Gasteiger partial charge is 0.238 e. The number of hydrogen-bond donors (Lipinski definition) is 3. The van der Waals surface area contributed by atoms with E-state index < -0.39 is 10.0 Å². The number of hydrogen-bond acceptors (Lipinski definition) is 5. The Morgan fingerprint density at radius 1 is 1.29 bits per heavy atom. The van der Waals surface area contributed by atoms with Gasteiger partial charge in [0.1, 0.15) is 0 Å². The van der Waals surface area contributed by atoms with Crippen molar-refractivity contribution in [1.29, 1.82) is 0 Å². The largest absolute Gasteiger partial charge is 0.346 e. The molecule has 3 rings (SSSR count). The van der Waals surface area contributed by atoms with Gasteiger partial charge in [-0.1, -0.05) is 12.1 Å². The van der Waals surface area contributed by atoms with Gasteiger partial charge in [-0.05, 0) is 55.7 Å². The van der Waals surface area contributed by atoms with Gasteiger partial charge in [-0.15, -0.1) is 0 Å². The molecule has 9 heteroatoms. The van der Waals surface area contributed by atoms with Gasteiger partial charge in [0.15, 0.2) is 5.11 Å². The number of piperidine rings is 1. The van der Waals surface area contributed by atoms with Crippen LogP contribution in [0.25, 0.3) is 0 Å². The summed E-state index contributed by atoms with van der Waals surface area (Å²) in [6.07, 6.45) is 2.35. The van der Waals surface area contributed by atoms with Crippen molar-refractivity contribution < 1.29 is 13.2 Å². The molecule has 7 nitrogen and oxygen atoms in total. The molecule has 1 aromatic carbocycles. The zero-order chi connectivity index (χ0) is 17.3. The molecule has 1 amide bonds. The molecule has 0 aromatic heterocycles. The summed E-state index contributed by atoms with van der Waals surface area (Å²) in [7, 11) is -3.69. The molecule has 2 unspecified atom stereocenters. The minimum absolute atomic E-state index is 0.0529. The van der Waals surface area contributed by atoms with Crippen LogP contribution in [0, 0.1) is 5.92 Å². The van der Waals surface area contributed by atoms with Crippen LogP contribution in [0.4, 0.5) is 0 Å². The molecule has 2 saturated heterocycles. The first kappa shape index (κ1) is 17.3. The molecule has 2 fully saturated rings. The van der Waals surface area contributed by atoms with E-state index in [-0.39, 0.29) is 22.9 Å². The highest BCUT2D eigenvalue weighted by atomic mass is 32.2. The van der Waals surface area contributed by atoms with Crippen molar-refractivity contribution in [2.45, 2.75) is 30.3 Å². The lowest BCUT2D eigenvalue weighted by Gasteiger charge is -2.42. The van der Waals surface area contributed by atoms with Gasteiger partial charge in [-0.3, -0.25) is 15.0 Å². The Labute approximate surface area is 146 Å². The summed E-state index contributed by atoms with van der Waals surface area (Å²) >= 11 is 5.32. The van der Waals surface area contributed by atoms with Crippen LogP contribution in [0.2, 0.25) is 0 Å². The average molecular weight is 368 g/mol. The summed E-state index contributed by atoms with van der Waals surface area (Å²) in [6.45, 7) is 1.35. The highest BCUT2D eigenvalue weighted by molar-refractivity contribution is 7.89. The highest BCUT2D eigenvalue weighted by Crippen LogP contribution is 2.22. The molecular weight excluding hydrogens is 348 g/mol. The van der Waals surface area contributed by atoms with E-state index in [0.717, 1.165) is 24.9 Å². The van der Waals surface area contributed by atoms with Gasteiger partial charge in [0.05, 0.1) is 17.0 Å². The topological polar surface area (TPSA) is 105 Å². The quantitative estimate of drug-likeness (QED) is 0.642. The number of nitrogens with zero attached hydrogens (tertiary/aromatic N) is 1. The van der Waals surface area contributed by atoms with Crippen LogP contribution in [0.3, 0.4) is 0 Å². The number of benzene rings is 1. The first-order valence-electron chi connectivity index (χ1n) is 7.83. The number of carbonyl (C=O) groups is 1. The van der Waals surface area contributed by atoms with Crippen LogP contribution in [0.15, 0.2) is 29.2 Å². The zero-order valence-electron chi connectivity index (χ0n) is 13.1. The fourth-order valence-electron chi connectivity index (χ4n) is 3.12. The van der Waals surface area contributed by atoms with E-state index in [4.69, 9.17) is 17.4 Å². The Hall–Kier alpha value is -1.55. The predicted molar refractivity (Wildman–Crippen MR) is 93.5 cm³/mol. The van der Waals surface area contributed by atoms with Crippen LogP contribution in [0.1, 0.15) is 18.4 Å². The third-order valence-electron chi connectivity index (χ3n) is 4.44. The van der Waals surface area contributed by atoms with Gasteiger partial charge in [0, 0.05) is 6.54 Å². The average Bonchev–Trinajstić information content (AvgIpc) is 2.54. The second-order valence-electron chi connectivity index (χ2n) is 6.06. The Bertz CT molecular complexity index is 748. The van der Waals surface area contributed by atoms with E-state index in [1.807, 2.05) is 0 Å². The molecule has 0 aliphatic carbocycles. The second kappa shape index (κ2) is 6.75. The van der Waals surface area contributed by atoms with Crippen molar-refractivity contribution in [3.05, 3.63) is 29.8 Å². The minimum Gasteiger partial charge on any atom is -0.346 e. The van der Waals surface area contributed by atoms with Crippen LogP contribution in [-0.2, 0) is 21.2 Å². The number of amides is 1. The van der Waals surface area contributed by atoms with Crippen molar-refractivity contribution in [3.63, 3.8) is 0 Å². The Kier molecular flexibility index (Phi) is 4.86. The first-order valence-corrected chi connectivity index (χ1v) is 9.79. The number of primary sulfonamides is 1. The fourth-order valence-corrected chi connectivity index (χ4v) is 3.94. The van der Waals surface area contributed by atoms with Crippen LogP contribution < -0.4 is 15.8 Å². The monoisotopic (exact) mass is 368 g/mol. The van der Waals surface area contributed by atoms with E-state index in [2.05, 4.69) is 10.6 Å². The van der Waals surface area contributed by atoms with Crippen molar-refractivity contribution >= 4 is 33.3 Å². The van der Waals surface area contributed by atoms with Gasteiger partial charge in [0.2, 0.25) is 15.9 Å². The van der Waals surface area contributed by atoms with E-state index in [9.17, 15) is 13.2 Å². The number of nitrogens with one attached hydrogen (secondary N) is 2. The molecule has 24 heavy (non-hydrogen) atoms. The van der Waals surface area contributed by atoms with Crippen molar-refractivity contribution in [3.8, 4) is 0 Å². The standard InChI is InChI=1S/C15H20N4O3S2/c16-24(21,22)11-5-3-10(4-6-11)7-9-19-14(20)12-2-1-8-17-13(12)18-15(19)23/h3-6,12-13,17H,1-2,7-9H2,(H,18,23)(H2,16,21,22). The number of fused-ring (bicyclic) bond motifs is 1. The molecule has 2 heterocycles. The molecule has 2 aliphatic rings. The lowest BCUT2D eigenvalue weighted by Crippen LogP contribution is -2.66. The lowest BCUT2D eigenvalue weighted by atomic mass is 9.92. The van der Waals surface area contributed by atoms with Gasteiger partial charge < -0.3 is 5.32 Å². The zero-order valence-corrected chi connectivity index (χ0v) is 14.7. The van der Waals surface area contributed by atoms with Gasteiger partial charge in [-0.2, -0.15) is 0 Å². The van der Waals surface area contributed by atoms with Crippen molar-refractivity contribution in [1.82, 2.24) is 15.5 Å². The summed E-state index contributed by atoms with van der Waals surface area (Å²) < 4.78 is 22.5. The minimum atomic E-state index is -3.69. The molecule has 0 radical (unpaired) electrons. The summed E-state index contributed by atoms with van der Waals surface area (Å²) in [5.41, 5.74) is 0.918. The molecule has 4 N–H and O–H groups in total. The molecule has 0 bridgehead atoms. The third-order valence-corrected chi connectivity index (χ3v) is 5.71. The Balaban J connectivity index is 1.65. The van der Waals surface area contributed by atoms with E-state index >= 15 is 0 Å². The van der Waals surface area contributed by atoms with Crippen molar-refractivity contribution in [2.75, 3.05) is 13.1 Å². The number of nitrogens with two attached hydrogens (primary N) is 1. The summed E-state index contributed by atoms with van der Waals surface area (Å²) in [5.74, 6) is -0.0349. The summed E-state index contributed by atoms with van der Waals surface area (Å²) in [4.78, 5) is 14.3. The summed E-state index contributed by atoms with van der Waals surface area (Å²) in [5, 5.41) is 12.0. The van der Waals surface area contributed by atoms with Crippen molar-refractivity contribution in [2.24, 2.45) is 11.1 Å². The maximum Gasteiger partial charge on any atom is 0.238 e. The molecular formula is C15H20N4O3S2. The van der Waals surface area contributed by atoms with Gasteiger partial charge in [-0.25, -0.2) is 13.6 Å². The molecule has 1 aromatic rings. The summed E-state index contributed by atoms with van der Waals surface area (Å²) in [6, 6.07) is 6.35. The molecule has 130 valence electrons. The fraction of sp³-hybridized carbons (Fsp3) is 0.467. The SMILES string of the molecule is NS(=O)(=O)c1ccc(CCN2C(=O)C3CCCNC3NC2=S)cc1. The molecule has 2 atom stereocenters. The highest BCUT2D eigenvalue weighted by Gasteiger charge is 2.39. The van der Waals surface area contributed by atoms with E-state index in [1.165, 1.54) is 12.1 Å². The third kappa shape index (κ3) is 3.59. The maximum absolute atomic E-state index is 12.6. The van der Waals surface area contributed by atoms with Crippen LogP contribution in [0.5, 0.6) is 0 Å². The lowest BCUT2D eigenvalue weighted by molar-refractivity contribution is -0.135. The molecule has 2 aliphatic heterocycles. The van der Waals surface area contributed by atoms with Crippen LogP contribution >= 0.6 is 12.2 Å². The van der Waals surface area contributed by atoms with E-state index in [1.54, 1.807) is 17.0 Å². The Morgan fingerprint density at radius 2 is 2.00 bits per heavy atom. The number of thiocarbonyl (C=S) groups is 1. The number of carbonyl (C=O) groups excluding carboxylic acids is 1.